The van der Waals surface area contributed by atoms with Crippen LogP contribution in [0.5, 0.6) is 0 Å². The highest BCUT2D eigenvalue weighted by molar-refractivity contribution is 6.09. The van der Waals surface area contributed by atoms with E-state index in [-0.39, 0.29) is 12.5 Å². The summed E-state index contributed by atoms with van der Waals surface area (Å²) in [5.41, 5.74) is 1.43. The van der Waals surface area contributed by atoms with Crippen LogP contribution >= 0.6 is 0 Å². The molecule has 6 nitrogen and oxygen atoms in total. The van der Waals surface area contributed by atoms with Gasteiger partial charge in [-0.1, -0.05) is 23.8 Å². The Morgan fingerprint density at radius 1 is 1.29 bits per heavy atom. The van der Waals surface area contributed by atoms with Crippen molar-refractivity contribution in [2.24, 2.45) is 11.8 Å². The molecule has 128 valence electrons. The predicted molar refractivity (Wildman–Crippen MR) is 87.2 cm³/mol. The average molecular weight is 330 g/mol. The van der Waals surface area contributed by atoms with E-state index in [2.05, 4.69) is 5.32 Å². The van der Waals surface area contributed by atoms with Crippen molar-refractivity contribution in [3.63, 3.8) is 0 Å². The molecule has 2 fully saturated rings. The third-order valence-electron chi connectivity index (χ3n) is 5.41. The number of carboxylic acids is 1. The summed E-state index contributed by atoms with van der Waals surface area (Å²) in [5.74, 6) is -3.34. The van der Waals surface area contributed by atoms with Crippen molar-refractivity contribution in [2.45, 2.75) is 39.3 Å². The standard InChI is InChI=1S/C18H22N2O4/c1-5-20-15(21)12-13(16(20)22)18(4,17(23)24)19-14(12)11-8-9(2)6-7-10(11)3/h6-8,12-14,19H,5H2,1-4H3,(H,23,24). The van der Waals surface area contributed by atoms with Gasteiger partial charge in [0.25, 0.3) is 0 Å². The van der Waals surface area contributed by atoms with Crippen LogP contribution in [0.15, 0.2) is 18.2 Å². The van der Waals surface area contributed by atoms with Crippen LogP contribution in [-0.4, -0.2) is 39.9 Å². The Morgan fingerprint density at radius 2 is 1.96 bits per heavy atom. The Hall–Kier alpha value is -2.21. The number of aryl methyl sites for hydroxylation is 2. The molecule has 2 amide bonds. The molecular weight excluding hydrogens is 308 g/mol. The van der Waals surface area contributed by atoms with Gasteiger partial charge in [-0.3, -0.25) is 24.6 Å². The molecule has 24 heavy (non-hydrogen) atoms. The average Bonchev–Trinajstić information content (AvgIpc) is 2.97. The lowest BCUT2D eigenvalue weighted by Crippen LogP contribution is -2.53. The molecule has 0 radical (unpaired) electrons. The molecule has 4 unspecified atom stereocenters. The zero-order valence-corrected chi connectivity index (χ0v) is 14.3. The van der Waals surface area contributed by atoms with Crippen molar-refractivity contribution in [2.75, 3.05) is 6.54 Å². The zero-order valence-electron chi connectivity index (χ0n) is 14.3. The second kappa shape index (κ2) is 5.41. The summed E-state index contributed by atoms with van der Waals surface area (Å²) in [6.07, 6.45) is 0. The second-order valence-electron chi connectivity index (χ2n) is 6.91. The van der Waals surface area contributed by atoms with Gasteiger partial charge < -0.3 is 5.11 Å². The number of benzene rings is 1. The van der Waals surface area contributed by atoms with Crippen LogP contribution in [0.4, 0.5) is 0 Å². The first-order chi connectivity index (χ1) is 11.2. The van der Waals surface area contributed by atoms with Crippen molar-refractivity contribution in [1.82, 2.24) is 10.2 Å². The molecule has 1 aromatic rings. The Kier molecular flexibility index (Phi) is 3.75. The van der Waals surface area contributed by atoms with Crippen molar-refractivity contribution in [1.29, 1.82) is 0 Å². The highest BCUT2D eigenvalue weighted by Crippen LogP contribution is 2.49. The summed E-state index contributed by atoms with van der Waals surface area (Å²) in [7, 11) is 0. The fourth-order valence-electron chi connectivity index (χ4n) is 4.07. The number of aliphatic carboxylic acids is 1. The van der Waals surface area contributed by atoms with Gasteiger partial charge in [0.1, 0.15) is 5.54 Å². The number of nitrogens with one attached hydrogen (secondary N) is 1. The second-order valence-corrected chi connectivity index (χ2v) is 6.91. The number of carbonyl (C=O) groups excluding carboxylic acids is 2. The van der Waals surface area contributed by atoms with Gasteiger partial charge in [-0.15, -0.1) is 0 Å². The highest BCUT2D eigenvalue weighted by atomic mass is 16.4. The van der Waals surface area contributed by atoms with Gasteiger partial charge in [0.15, 0.2) is 0 Å². The topological polar surface area (TPSA) is 86.7 Å². The SMILES string of the molecule is CCN1C(=O)C2C(c3cc(C)ccc3C)NC(C)(C(=O)O)C2C1=O. The fraction of sp³-hybridized carbons (Fsp3) is 0.500. The van der Waals surface area contributed by atoms with Crippen LogP contribution < -0.4 is 5.32 Å². The number of fused-ring (bicyclic) bond motifs is 1. The van der Waals surface area contributed by atoms with E-state index in [4.69, 9.17) is 0 Å². The minimum atomic E-state index is -1.46. The van der Waals surface area contributed by atoms with E-state index >= 15 is 0 Å². The number of carboxylic acid groups (broad SMARTS) is 1. The fourth-order valence-corrected chi connectivity index (χ4v) is 4.07. The number of hydrogen-bond acceptors (Lipinski definition) is 4. The molecule has 1 aromatic carbocycles. The Morgan fingerprint density at radius 3 is 2.54 bits per heavy atom. The van der Waals surface area contributed by atoms with Crippen LogP contribution in [0.2, 0.25) is 0 Å². The van der Waals surface area contributed by atoms with Crippen molar-refractivity contribution in [3.8, 4) is 0 Å². The van der Waals surface area contributed by atoms with Gasteiger partial charge in [0, 0.05) is 12.6 Å². The quantitative estimate of drug-likeness (QED) is 0.819. The lowest BCUT2D eigenvalue weighted by atomic mass is 9.80. The predicted octanol–water partition coefficient (Wildman–Crippen LogP) is 1.41. The smallest absolute Gasteiger partial charge is 0.324 e. The van der Waals surface area contributed by atoms with Gasteiger partial charge >= 0.3 is 5.97 Å². The Balaban J connectivity index is 2.16. The van der Waals surface area contributed by atoms with Gasteiger partial charge in [-0.2, -0.15) is 0 Å². The summed E-state index contributed by atoms with van der Waals surface area (Å²) in [4.78, 5) is 38.6. The van der Waals surface area contributed by atoms with Gasteiger partial charge in [0.05, 0.1) is 11.8 Å². The largest absolute Gasteiger partial charge is 0.480 e. The monoisotopic (exact) mass is 330 g/mol. The van der Waals surface area contributed by atoms with E-state index in [1.165, 1.54) is 11.8 Å². The first kappa shape index (κ1) is 16.6. The highest BCUT2D eigenvalue weighted by Gasteiger charge is 2.66. The number of nitrogens with zero attached hydrogens (tertiary/aromatic N) is 1. The summed E-state index contributed by atoms with van der Waals surface area (Å²) in [5, 5.41) is 12.8. The first-order valence-electron chi connectivity index (χ1n) is 8.15. The van der Waals surface area contributed by atoms with E-state index in [1.807, 2.05) is 32.0 Å². The molecule has 2 saturated heterocycles. The number of imide groups is 1. The van der Waals surface area contributed by atoms with E-state index in [0.717, 1.165) is 16.7 Å². The molecule has 2 aliphatic rings. The van der Waals surface area contributed by atoms with E-state index in [9.17, 15) is 19.5 Å². The number of hydrogen-bond donors (Lipinski definition) is 2. The maximum Gasteiger partial charge on any atom is 0.324 e. The summed E-state index contributed by atoms with van der Waals surface area (Å²) < 4.78 is 0. The summed E-state index contributed by atoms with van der Waals surface area (Å²) in [6, 6.07) is 5.41. The lowest BCUT2D eigenvalue weighted by molar-refractivity contribution is -0.150. The molecule has 6 heteroatoms. The minimum absolute atomic E-state index is 0.264. The number of rotatable bonds is 3. The number of carbonyl (C=O) groups is 3. The van der Waals surface area contributed by atoms with Crippen molar-refractivity contribution in [3.05, 3.63) is 34.9 Å². The zero-order chi connectivity index (χ0) is 17.8. The molecule has 0 bridgehead atoms. The normalized spacial score (nSPS) is 32.3. The van der Waals surface area contributed by atoms with E-state index in [1.54, 1.807) is 6.92 Å². The van der Waals surface area contributed by atoms with E-state index in [0.29, 0.717) is 0 Å². The van der Waals surface area contributed by atoms with Crippen LogP contribution in [0.3, 0.4) is 0 Å². The van der Waals surface area contributed by atoms with Gasteiger partial charge in [0.2, 0.25) is 11.8 Å². The molecule has 2 aliphatic heterocycles. The third kappa shape index (κ3) is 2.09. The molecular formula is C18H22N2O4. The molecule has 3 rings (SSSR count). The van der Waals surface area contributed by atoms with Gasteiger partial charge in [-0.25, -0.2) is 0 Å². The third-order valence-corrected chi connectivity index (χ3v) is 5.41. The van der Waals surface area contributed by atoms with Crippen LogP contribution in [0.25, 0.3) is 0 Å². The van der Waals surface area contributed by atoms with Crippen molar-refractivity contribution < 1.29 is 19.5 Å². The van der Waals surface area contributed by atoms with Gasteiger partial charge in [-0.05, 0) is 38.8 Å². The molecule has 0 spiro atoms. The van der Waals surface area contributed by atoms with E-state index < -0.39 is 35.3 Å². The molecule has 4 atom stereocenters. The molecule has 0 aromatic heterocycles. The Bertz CT molecular complexity index is 745. The summed E-state index contributed by atoms with van der Waals surface area (Å²) >= 11 is 0. The van der Waals surface area contributed by atoms with Crippen molar-refractivity contribution >= 4 is 17.8 Å². The molecule has 2 heterocycles. The summed E-state index contributed by atoms with van der Waals surface area (Å²) in [6.45, 7) is 7.38. The van der Waals surface area contributed by atoms with Crippen LogP contribution in [-0.2, 0) is 14.4 Å². The number of likely N-dealkylation sites (tertiary alicyclic amines) is 1. The first-order valence-corrected chi connectivity index (χ1v) is 8.15. The number of amides is 2. The minimum Gasteiger partial charge on any atom is -0.480 e. The Labute approximate surface area is 140 Å². The molecule has 0 aliphatic carbocycles. The van der Waals surface area contributed by atoms with Crippen LogP contribution in [0.1, 0.15) is 36.6 Å². The lowest BCUT2D eigenvalue weighted by Gasteiger charge is -2.27. The molecule has 0 saturated carbocycles. The molecule has 2 N–H and O–H groups in total. The maximum atomic E-state index is 12.8. The van der Waals surface area contributed by atoms with Crippen LogP contribution in [0, 0.1) is 25.7 Å². The maximum absolute atomic E-state index is 12.8.